The van der Waals surface area contributed by atoms with Gasteiger partial charge in [-0.3, -0.25) is 9.59 Å². The van der Waals surface area contributed by atoms with Crippen molar-refractivity contribution in [2.24, 2.45) is 0 Å². The number of carbonyl (C=O) groups excluding carboxylic acids is 1. The van der Waals surface area contributed by atoms with Gasteiger partial charge in [-0.1, -0.05) is 0 Å². The van der Waals surface area contributed by atoms with Gasteiger partial charge in [0.1, 0.15) is 18.7 Å². The van der Waals surface area contributed by atoms with Gasteiger partial charge in [0.25, 0.3) is 0 Å². The minimum absolute atomic E-state index is 0.0278. The maximum atomic E-state index is 10.2. The number of likely N-dealkylation sites (N-methyl/N-ethyl adjacent to an activating group) is 2. The molecule has 0 spiro atoms. The highest BCUT2D eigenvalue weighted by Crippen LogP contribution is 1.99. The van der Waals surface area contributed by atoms with Crippen molar-refractivity contribution in [3.05, 3.63) is 0 Å². The van der Waals surface area contributed by atoms with Crippen molar-refractivity contribution >= 4 is 11.9 Å². The fourth-order valence-corrected chi connectivity index (χ4v) is 0.729. The lowest BCUT2D eigenvalue weighted by atomic mass is 10.2. The van der Waals surface area contributed by atoms with E-state index in [4.69, 9.17) is 15.5 Å². The zero-order chi connectivity index (χ0) is 14.6. The predicted molar refractivity (Wildman–Crippen MR) is 62.7 cm³/mol. The van der Waals surface area contributed by atoms with Crippen LogP contribution < -0.4 is 10.6 Å². The monoisotopic (exact) mass is 261 g/mol. The fourth-order valence-electron chi connectivity index (χ4n) is 0.729. The molecule has 1 heterocycles. The van der Waals surface area contributed by atoms with Crippen LogP contribution in [0.3, 0.4) is 0 Å². The summed E-state index contributed by atoms with van der Waals surface area (Å²) in [5.41, 5.74) is 0. The number of cyclic esters (lactones) is 1. The molecule has 1 rings (SSSR count). The van der Waals surface area contributed by atoms with E-state index in [0.29, 0.717) is 6.61 Å². The Morgan fingerprint density at radius 3 is 2.17 bits per heavy atom. The van der Waals surface area contributed by atoms with Crippen molar-refractivity contribution in [2.45, 2.75) is 19.0 Å². The Morgan fingerprint density at radius 1 is 1.67 bits per heavy atom. The molecule has 0 saturated carbocycles. The minimum Gasteiger partial charge on any atom is -0.480 e. The molecule has 8 heteroatoms. The summed E-state index contributed by atoms with van der Waals surface area (Å²) in [6.45, 7) is 1.60. The second kappa shape index (κ2) is 11.8. The third-order valence-electron chi connectivity index (χ3n) is 1.85. The summed E-state index contributed by atoms with van der Waals surface area (Å²) < 4.78 is 4.43. The Morgan fingerprint density at radius 2 is 2.17 bits per heavy atom. The molecule has 0 unspecified atom stereocenters. The number of carboxylic acid groups (broad SMARTS) is 1. The summed E-state index contributed by atoms with van der Waals surface area (Å²) >= 11 is 0. The Hall–Kier alpha value is -1.69. The molecule has 2 atom stereocenters. The molecular weight excluding hydrogens is 242 g/mol. The maximum absolute atomic E-state index is 10.2. The van der Waals surface area contributed by atoms with Crippen molar-refractivity contribution in [3.63, 3.8) is 0 Å². The average Bonchev–Trinajstić information content (AvgIpc) is 2.31. The van der Waals surface area contributed by atoms with E-state index in [2.05, 4.69) is 15.4 Å². The van der Waals surface area contributed by atoms with Crippen molar-refractivity contribution in [1.82, 2.24) is 10.6 Å². The number of rotatable bonds is 4. The molecule has 1 fully saturated rings. The lowest BCUT2D eigenvalue weighted by molar-refractivity contribution is -0.162. The molecule has 18 heavy (non-hydrogen) atoms. The molecule has 0 amide bonds. The van der Waals surface area contributed by atoms with E-state index < -0.39 is 12.0 Å². The lowest BCUT2D eigenvalue weighted by Gasteiger charge is -2.22. The number of carboxylic acids is 1. The molecule has 104 valence electrons. The van der Waals surface area contributed by atoms with E-state index in [-0.39, 0.29) is 18.6 Å². The fraction of sp³-hybridized carbons (Fsp3) is 0.700. The molecule has 1 saturated heterocycles. The van der Waals surface area contributed by atoms with Gasteiger partial charge in [-0.05, 0) is 14.1 Å². The van der Waals surface area contributed by atoms with Crippen LogP contribution in [0, 0.1) is 11.3 Å². The second-order valence-electron chi connectivity index (χ2n) is 3.06. The first kappa shape index (κ1) is 18.7. The van der Waals surface area contributed by atoms with Crippen LogP contribution >= 0.6 is 0 Å². The summed E-state index contributed by atoms with van der Waals surface area (Å²) in [5, 5.41) is 28.9. The molecule has 0 aromatic carbocycles. The number of ether oxygens (including phenoxy) is 1. The Bertz CT molecular complexity index is 284. The number of hydrogen-bond donors (Lipinski definition) is 4. The van der Waals surface area contributed by atoms with E-state index in [9.17, 15) is 9.59 Å². The minimum atomic E-state index is -1.03. The molecule has 0 radical (unpaired) electrons. The highest BCUT2D eigenvalue weighted by atomic mass is 16.6. The number of nitriles is 1. The predicted octanol–water partition coefficient (Wildman–Crippen LogP) is -1.69. The van der Waals surface area contributed by atoms with E-state index in [1.54, 1.807) is 13.1 Å². The van der Waals surface area contributed by atoms with Gasteiger partial charge in [0.15, 0.2) is 0 Å². The van der Waals surface area contributed by atoms with Crippen LogP contribution in [0.4, 0.5) is 0 Å². The van der Waals surface area contributed by atoms with Crippen LogP contribution in [0.5, 0.6) is 0 Å². The first-order chi connectivity index (χ1) is 8.48. The van der Waals surface area contributed by atoms with Gasteiger partial charge in [0.05, 0.1) is 12.7 Å². The van der Waals surface area contributed by atoms with Crippen molar-refractivity contribution in [2.75, 3.05) is 27.3 Å². The second-order valence-corrected chi connectivity index (χ2v) is 3.06. The van der Waals surface area contributed by atoms with Gasteiger partial charge in [0.2, 0.25) is 0 Å². The highest BCUT2D eigenvalue weighted by Gasteiger charge is 2.28. The molecular formula is C10H19N3O5. The van der Waals surface area contributed by atoms with Gasteiger partial charge in [-0.2, -0.15) is 5.26 Å². The number of nitrogens with zero attached hydrogens (tertiary/aromatic N) is 1. The maximum Gasteiger partial charge on any atom is 0.326 e. The van der Waals surface area contributed by atoms with Crippen molar-refractivity contribution < 1.29 is 24.5 Å². The first-order valence-electron chi connectivity index (χ1n) is 5.14. The number of aliphatic hydroxyl groups is 1. The molecule has 1 aliphatic rings. The van der Waals surface area contributed by atoms with Crippen LogP contribution in [0.25, 0.3) is 0 Å². The van der Waals surface area contributed by atoms with Gasteiger partial charge in [0, 0.05) is 6.92 Å². The SMILES string of the molecule is CC#N.CN[C@@H](CO)C(=O)O.CN[C@H]1COC1=O. The van der Waals surface area contributed by atoms with Gasteiger partial charge < -0.3 is 25.6 Å². The number of carbonyl (C=O) groups is 2. The Balaban J connectivity index is 0. The number of esters is 1. The molecule has 0 aromatic rings. The van der Waals surface area contributed by atoms with E-state index in [1.165, 1.54) is 14.0 Å². The molecule has 4 N–H and O–H groups in total. The smallest absolute Gasteiger partial charge is 0.326 e. The molecule has 1 aliphatic heterocycles. The summed E-state index contributed by atoms with van der Waals surface area (Å²) in [4.78, 5) is 20.1. The van der Waals surface area contributed by atoms with Crippen LogP contribution in [-0.2, 0) is 14.3 Å². The number of hydrogen-bond acceptors (Lipinski definition) is 7. The largest absolute Gasteiger partial charge is 0.480 e. The van der Waals surface area contributed by atoms with Crippen molar-refractivity contribution in [1.29, 1.82) is 5.26 Å². The summed E-state index contributed by atoms with van der Waals surface area (Å²) in [7, 11) is 3.22. The standard InChI is InChI=1S/C4H9NO3.C4H7NO2.C2H3N/c1-5-3(2-6)4(7)8;1-5-3-2-7-4(3)6;1-2-3/h3,5-6H,2H2,1H3,(H,7,8);3,5H,2H2,1H3;1H3/t2*3-;/m00./s1. The van der Waals surface area contributed by atoms with Crippen LogP contribution in [0.15, 0.2) is 0 Å². The summed E-state index contributed by atoms with van der Waals surface area (Å²) in [6.07, 6.45) is 0. The average molecular weight is 261 g/mol. The summed E-state index contributed by atoms with van der Waals surface area (Å²) in [6, 6.07) is 0.898. The molecule has 0 aromatic heterocycles. The van der Waals surface area contributed by atoms with Crippen LogP contribution in [-0.4, -0.2) is 61.5 Å². The Labute approximate surface area is 106 Å². The highest BCUT2D eigenvalue weighted by molar-refractivity contribution is 5.80. The van der Waals surface area contributed by atoms with E-state index >= 15 is 0 Å². The van der Waals surface area contributed by atoms with Crippen LogP contribution in [0.1, 0.15) is 6.92 Å². The topological polar surface area (TPSA) is 132 Å². The molecule has 0 bridgehead atoms. The normalized spacial score (nSPS) is 17.5. The van der Waals surface area contributed by atoms with Gasteiger partial charge in [-0.25, -0.2) is 0 Å². The van der Waals surface area contributed by atoms with Gasteiger partial charge >= 0.3 is 11.9 Å². The summed E-state index contributed by atoms with van der Waals surface area (Å²) in [5.74, 6) is -1.17. The number of nitrogens with one attached hydrogen (secondary N) is 2. The third-order valence-corrected chi connectivity index (χ3v) is 1.85. The quantitative estimate of drug-likeness (QED) is 0.441. The number of aliphatic carboxylic acids is 1. The third kappa shape index (κ3) is 8.46. The van der Waals surface area contributed by atoms with Crippen LogP contribution in [0.2, 0.25) is 0 Å². The van der Waals surface area contributed by atoms with Gasteiger partial charge in [-0.15, -0.1) is 0 Å². The Kier molecular flexibility index (Phi) is 12.2. The van der Waals surface area contributed by atoms with E-state index in [1.807, 2.05) is 0 Å². The molecule has 0 aliphatic carbocycles. The number of aliphatic hydroxyl groups excluding tert-OH is 1. The molecule has 8 nitrogen and oxygen atoms in total. The zero-order valence-corrected chi connectivity index (χ0v) is 10.6. The van der Waals surface area contributed by atoms with E-state index in [0.717, 1.165) is 0 Å². The first-order valence-corrected chi connectivity index (χ1v) is 5.14. The van der Waals surface area contributed by atoms with Crippen molar-refractivity contribution in [3.8, 4) is 6.07 Å². The lowest BCUT2D eigenvalue weighted by Crippen LogP contribution is -2.49. The zero-order valence-electron chi connectivity index (χ0n) is 10.6.